The second-order valence-corrected chi connectivity index (χ2v) is 13.4. The fraction of sp³-hybridized carbons (Fsp3) is 0.943. The molecule has 0 aromatic rings. The largest absolute Gasteiger partial charge is 0.462 e. The topological polar surface area (TPSA) is 113 Å². The maximum atomic E-state index is 11.8. The average molecular weight is 597 g/mol. The van der Waals surface area contributed by atoms with Crippen LogP contribution in [-0.4, -0.2) is 63.7 Å². The Balaban J connectivity index is 1.41. The van der Waals surface area contributed by atoms with Crippen LogP contribution in [0.15, 0.2) is 0 Å². The first kappa shape index (κ1) is 37.2. The van der Waals surface area contributed by atoms with E-state index in [4.69, 9.17) is 9.47 Å². The number of ether oxygens (including phenoxy) is 2. The van der Waals surface area contributed by atoms with Crippen LogP contribution in [0.3, 0.4) is 0 Å². The molecule has 0 aromatic heterocycles. The Kier molecular flexibility index (Phi) is 19.9. The van der Waals surface area contributed by atoms with Crippen LogP contribution in [-0.2, 0) is 19.1 Å². The number of ketones is 1. The zero-order valence-electron chi connectivity index (χ0n) is 27.0. The predicted octanol–water partition coefficient (Wildman–Crippen LogP) is 7.35. The number of Topliss-reactive ketones (excluding diaryl/α,β-unsaturated/α-hetero) is 1. The number of hydrogen-bond donors (Lipinski definition) is 3. The van der Waals surface area contributed by atoms with Gasteiger partial charge in [0.25, 0.3) is 0 Å². The van der Waals surface area contributed by atoms with E-state index < -0.39 is 12.2 Å². The smallest absolute Gasteiger partial charge is 0.309 e. The summed E-state index contributed by atoms with van der Waals surface area (Å²) >= 11 is 0. The highest BCUT2D eigenvalue weighted by Crippen LogP contribution is 2.29. The molecule has 2 aliphatic heterocycles. The van der Waals surface area contributed by atoms with Crippen LogP contribution in [0.5, 0.6) is 0 Å². The number of carbonyl (C=O) groups excluding carboxylic acids is 2. The Hall–Kier alpha value is -1.02. The van der Waals surface area contributed by atoms with Gasteiger partial charge in [0, 0.05) is 6.42 Å². The van der Waals surface area contributed by atoms with Gasteiger partial charge in [-0.2, -0.15) is 0 Å². The van der Waals surface area contributed by atoms with Crippen molar-refractivity contribution < 1.29 is 34.4 Å². The van der Waals surface area contributed by atoms with E-state index in [1.165, 1.54) is 64.7 Å². The second kappa shape index (κ2) is 22.5. The van der Waals surface area contributed by atoms with Crippen molar-refractivity contribution in [1.29, 1.82) is 0 Å². The van der Waals surface area contributed by atoms with E-state index in [0.29, 0.717) is 12.8 Å². The van der Waals surface area contributed by atoms with Crippen molar-refractivity contribution in [2.24, 2.45) is 5.92 Å². The molecule has 0 radical (unpaired) electrons. The molecule has 2 saturated heterocycles. The van der Waals surface area contributed by atoms with Gasteiger partial charge in [0.2, 0.25) is 0 Å². The SMILES string of the molecule is CCCCCCCCCCCC[C@@H](O)[C@H]1CC[C@H]([C@@H](O)CCCC[C@H](O)CCCCC[C@H]2C[C@H](CC(C)=O)C(=O)O2)O1. The van der Waals surface area contributed by atoms with Gasteiger partial charge in [-0.25, -0.2) is 0 Å². The minimum atomic E-state index is -0.503. The molecule has 0 bridgehead atoms. The van der Waals surface area contributed by atoms with Gasteiger partial charge >= 0.3 is 5.97 Å². The number of esters is 1. The molecule has 7 heteroatoms. The standard InChI is InChI=1S/C35H64O7/c1-3-4-5-6-7-8-9-10-11-15-21-31(38)33-23-24-34(42-33)32(39)22-17-16-19-29(37)18-13-12-14-20-30-26-28(25-27(2)36)35(40)41-30/h28-34,37-39H,3-26H2,1-2H3/t28-,29+,30-,31+,32-,33+,34+/m0/s1. The second-order valence-electron chi connectivity index (χ2n) is 13.4. The molecule has 2 rings (SSSR count). The molecule has 7 atom stereocenters. The Bertz CT molecular complexity index is 713. The molecular weight excluding hydrogens is 532 g/mol. The van der Waals surface area contributed by atoms with Crippen molar-refractivity contribution in [3.8, 4) is 0 Å². The van der Waals surface area contributed by atoms with Gasteiger partial charge in [-0.3, -0.25) is 4.79 Å². The molecule has 0 amide bonds. The van der Waals surface area contributed by atoms with Crippen LogP contribution >= 0.6 is 0 Å². The molecule has 0 spiro atoms. The van der Waals surface area contributed by atoms with Gasteiger partial charge in [-0.1, -0.05) is 96.8 Å². The minimum absolute atomic E-state index is 0.0338. The van der Waals surface area contributed by atoms with Crippen LogP contribution < -0.4 is 0 Å². The van der Waals surface area contributed by atoms with E-state index in [2.05, 4.69) is 6.92 Å². The Labute approximate surface area is 256 Å². The number of unbranched alkanes of at least 4 members (excludes halogenated alkanes) is 12. The first-order chi connectivity index (χ1) is 20.3. The van der Waals surface area contributed by atoms with Crippen molar-refractivity contribution >= 4 is 11.8 Å². The van der Waals surface area contributed by atoms with Gasteiger partial charge < -0.3 is 29.6 Å². The maximum absolute atomic E-state index is 11.8. The van der Waals surface area contributed by atoms with Crippen LogP contribution in [0, 0.1) is 5.92 Å². The minimum Gasteiger partial charge on any atom is -0.462 e. The number of hydrogen-bond acceptors (Lipinski definition) is 7. The summed E-state index contributed by atoms with van der Waals surface area (Å²) < 4.78 is 11.5. The van der Waals surface area contributed by atoms with Crippen molar-refractivity contribution in [1.82, 2.24) is 0 Å². The zero-order valence-corrected chi connectivity index (χ0v) is 27.0. The fourth-order valence-corrected chi connectivity index (χ4v) is 6.69. The van der Waals surface area contributed by atoms with Gasteiger partial charge in [0.1, 0.15) is 11.9 Å². The molecule has 3 N–H and O–H groups in total. The average Bonchev–Trinajstić information content (AvgIpc) is 3.58. The number of rotatable bonds is 26. The van der Waals surface area contributed by atoms with Crippen molar-refractivity contribution in [2.75, 3.05) is 0 Å². The van der Waals surface area contributed by atoms with Crippen molar-refractivity contribution in [2.45, 2.75) is 205 Å². The highest BCUT2D eigenvalue weighted by Gasteiger charge is 2.35. The lowest BCUT2D eigenvalue weighted by molar-refractivity contribution is -0.145. The van der Waals surface area contributed by atoms with Gasteiger partial charge in [-0.15, -0.1) is 0 Å². The van der Waals surface area contributed by atoms with E-state index >= 15 is 0 Å². The number of carbonyl (C=O) groups is 2. The third-order valence-corrected chi connectivity index (χ3v) is 9.35. The normalized spacial score (nSPS) is 24.5. The van der Waals surface area contributed by atoms with Gasteiger partial charge in [-0.05, 0) is 64.7 Å². The number of aliphatic hydroxyl groups excluding tert-OH is 3. The summed E-state index contributed by atoms with van der Waals surface area (Å²) in [6, 6.07) is 0. The molecule has 42 heavy (non-hydrogen) atoms. The molecule has 2 heterocycles. The summed E-state index contributed by atoms with van der Waals surface area (Å²) in [6.07, 6.45) is 22.2. The van der Waals surface area contributed by atoms with Crippen molar-refractivity contribution in [3.63, 3.8) is 0 Å². The highest BCUT2D eigenvalue weighted by atomic mass is 16.6. The van der Waals surface area contributed by atoms with E-state index in [1.54, 1.807) is 0 Å². The quantitative estimate of drug-likeness (QED) is 0.0707. The summed E-state index contributed by atoms with van der Waals surface area (Å²) in [5.74, 6) is -0.459. The summed E-state index contributed by atoms with van der Waals surface area (Å²) in [5, 5.41) is 31.6. The van der Waals surface area contributed by atoms with E-state index in [1.807, 2.05) is 0 Å². The van der Waals surface area contributed by atoms with Crippen LogP contribution in [0.4, 0.5) is 0 Å². The summed E-state index contributed by atoms with van der Waals surface area (Å²) in [6.45, 7) is 3.77. The summed E-state index contributed by atoms with van der Waals surface area (Å²) in [7, 11) is 0. The molecule has 0 aromatic carbocycles. The molecule has 7 nitrogen and oxygen atoms in total. The van der Waals surface area contributed by atoms with Gasteiger partial charge in [0.15, 0.2) is 0 Å². The molecule has 246 valence electrons. The van der Waals surface area contributed by atoms with E-state index in [0.717, 1.165) is 77.0 Å². The molecule has 0 unspecified atom stereocenters. The Morgan fingerprint density at radius 2 is 1.21 bits per heavy atom. The van der Waals surface area contributed by atoms with E-state index in [9.17, 15) is 24.9 Å². The monoisotopic (exact) mass is 596 g/mol. The maximum Gasteiger partial charge on any atom is 0.309 e. The first-order valence-corrected chi connectivity index (χ1v) is 17.7. The molecule has 0 saturated carbocycles. The van der Waals surface area contributed by atoms with E-state index in [-0.39, 0.29) is 48.5 Å². The first-order valence-electron chi connectivity index (χ1n) is 17.7. The molecule has 0 aliphatic carbocycles. The molecular formula is C35H64O7. The Morgan fingerprint density at radius 3 is 1.79 bits per heavy atom. The van der Waals surface area contributed by atoms with Crippen LogP contribution in [0.25, 0.3) is 0 Å². The summed E-state index contributed by atoms with van der Waals surface area (Å²) in [5.41, 5.74) is 0. The third-order valence-electron chi connectivity index (χ3n) is 9.35. The number of cyclic esters (lactones) is 1. The predicted molar refractivity (Wildman–Crippen MR) is 167 cm³/mol. The molecule has 2 fully saturated rings. The highest BCUT2D eigenvalue weighted by molar-refractivity contribution is 5.83. The third kappa shape index (κ3) is 16.2. The summed E-state index contributed by atoms with van der Waals surface area (Å²) in [4.78, 5) is 23.1. The lowest BCUT2D eigenvalue weighted by Crippen LogP contribution is -2.31. The van der Waals surface area contributed by atoms with Crippen LogP contribution in [0.1, 0.15) is 168 Å². The molecule has 2 aliphatic rings. The fourth-order valence-electron chi connectivity index (χ4n) is 6.69. The van der Waals surface area contributed by atoms with Crippen molar-refractivity contribution in [3.05, 3.63) is 0 Å². The van der Waals surface area contributed by atoms with Crippen LogP contribution in [0.2, 0.25) is 0 Å². The zero-order chi connectivity index (χ0) is 30.6. The number of aliphatic hydroxyl groups is 3. The lowest BCUT2D eigenvalue weighted by atomic mass is 9.96. The Morgan fingerprint density at radius 1 is 0.738 bits per heavy atom. The lowest BCUT2D eigenvalue weighted by Gasteiger charge is -2.22. The van der Waals surface area contributed by atoms with Gasteiger partial charge in [0.05, 0.1) is 36.4 Å².